The molecule has 0 radical (unpaired) electrons. The number of aromatic nitrogens is 3. The van der Waals surface area contributed by atoms with E-state index in [2.05, 4.69) is 15.3 Å². The molecule has 2 heterocycles. The predicted octanol–water partition coefficient (Wildman–Crippen LogP) is 1.81. The van der Waals surface area contributed by atoms with Gasteiger partial charge in [-0.2, -0.15) is 0 Å². The van der Waals surface area contributed by atoms with Gasteiger partial charge in [0.15, 0.2) is 0 Å². The van der Waals surface area contributed by atoms with Gasteiger partial charge in [-0.1, -0.05) is 6.07 Å². The highest BCUT2D eigenvalue weighted by Crippen LogP contribution is 2.10. The average Bonchev–Trinajstić information content (AvgIpc) is 2.58. The maximum Gasteiger partial charge on any atom is 0.261 e. The summed E-state index contributed by atoms with van der Waals surface area (Å²) in [6.45, 7) is 1.63. The first-order chi connectivity index (χ1) is 11.5. The van der Waals surface area contributed by atoms with Crippen LogP contribution in [-0.4, -0.2) is 20.4 Å². The number of carbonyl (C=O) groups excluding carboxylic acids is 1. The van der Waals surface area contributed by atoms with Crippen LogP contribution in [0.2, 0.25) is 0 Å². The van der Waals surface area contributed by atoms with Crippen LogP contribution in [0.3, 0.4) is 0 Å². The van der Waals surface area contributed by atoms with E-state index in [0.29, 0.717) is 5.52 Å². The summed E-state index contributed by atoms with van der Waals surface area (Å²) in [7, 11) is 0. The summed E-state index contributed by atoms with van der Waals surface area (Å²) >= 11 is 0. The lowest BCUT2D eigenvalue weighted by Gasteiger charge is -2.14. The van der Waals surface area contributed by atoms with Crippen molar-refractivity contribution in [3.05, 3.63) is 70.8 Å². The zero-order chi connectivity index (χ0) is 17.1. The van der Waals surface area contributed by atoms with Gasteiger partial charge in [0.1, 0.15) is 12.4 Å². The summed E-state index contributed by atoms with van der Waals surface area (Å²) in [6, 6.07) is 7.18. The molecule has 0 aliphatic heterocycles. The molecule has 122 valence electrons. The van der Waals surface area contributed by atoms with E-state index >= 15 is 0 Å². The minimum absolute atomic E-state index is 0.144. The highest BCUT2D eigenvalue weighted by Gasteiger charge is 2.12. The van der Waals surface area contributed by atoms with Gasteiger partial charge in [0.05, 0.1) is 23.3 Å². The molecule has 1 amide bonds. The molecular weight excluding hydrogens is 311 g/mol. The highest BCUT2D eigenvalue weighted by molar-refractivity contribution is 5.79. The molecule has 1 aromatic carbocycles. The number of rotatable bonds is 4. The fourth-order valence-corrected chi connectivity index (χ4v) is 2.40. The Balaban J connectivity index is 1.78. The van der Waals surface area contributed by atoms with Crippen molar-refractivity contribution in [2.75, 3.05) is 0 Å². The van der Waals surface area contributed by atoms with E-state index in [1.54, 1.807) is 18.5 Å². The monoisotopic (exact) mass is 326 g/mol. The van der Waals surface area contributed by atoms with Gasteiger partial charge in [0.25, 0.3) is 5.56 Å². The smallest absolute Gasteiger partial charge is 0.261 e. The van der Waals surface area contributed by atoms with Crippen LogP contribution in [0.5, 0.6) is 0 Å². The number of hydrogen-bond acceptors (Lipinski definition) is 4. The van der Waals surface area contributed by atoms with Crippen molar-refractivity contribution in [2.45, 2.75) is 19.5 Å². The Morgan fingerprint density at radius 3 is 2.96 bits per heavy atom. The lowest BCUT2D eigenvalue weighted by molar-refractivity contribution is -0.122. The van der Waals surface area contributed by atoms with Gasteiger partial charge < -0.3 is 5.32 Å². The van der Waals surface area contributed by atoms with E-state index in [1.807, 2.05) is 13.0 Å². The maximum absolute atomic E-state index is 13.3. The first-order valence-electron chi connectivity index (χ1n) is 7.38. The van der Waals surface area contributed by atoms with Crippen molar-refractivity contribution in [3.63, 3.8) is 0 Å². The van der Waals surface area contributed by atoms with Crippen molar-refractivity contribution in [3.8, 4) is 0 Å². The molecule has 3 rings (SSSR count). The third-order valence-electron chi connectivity index (χ3n) is 3.66. The van der Waals surface area contributed by atoms with Crippen molar-refractivity contribution in [1.82, 2.24) is 19.9 Å². The van der Waals surface area contributed by atoms with Crippen LogP contribution < -0.4 is 10.9 Å². The van der Waals surface area contributed by atoms with Gasteiger partial charge in [-0.25, -0.2) is 9.37 Å². The minimum atomic E-state index is -0.520. The van der Waals surface area contributed by atoms with Crippen LogP contribution in [0, 0.1) is 5.82 Å². The van der Waals surface area contributed by atoms with E-state index in [9.17, 15) is 14.0 Å². The molecule has 24 heavy (non-hydrogen) atoms. The molecule has 3 aromatic rings. The molecule has 1 unspecified atom stereocenters. The fraction of sp³-hybridized carbons (Fsp3) is 0.176. The Morgan fingerprint density at radius 2 is 2.21 bits per heavy atom. The molecule has 0 aliphatic rings. The van der Waals surface area contributed by atoms with Gasteiger partial charge in [0.2, 0.25) is 5.91 Å². The van der Waals surface area contributed by atoms with Gasteiger partial charge in [-0.05, 0) is 36.8 Å². The van der Waals surface area contributed by atoms with Gasteiger partial charge >= 0.3 is 0 Å². The first kappa shape index (κ1) is 15.8. The number of carbonyl (C=O) groups is 1. The number of amides is 1. The molecule has 7 heteroatoms. The Kier molecular flexibility index (Phi) is 4.33. The standard InChI is InChI=1S/C17H15FN4O2/c1-11(12-3-2-6-19-8-12)21-16(23)9-22-10-20-15-5-4-13(18)7-14(15)17(22)24/h2-8,10-11H,9H2,1H3,(H,21,23). The average molecular weight is 326 g/mol. The Bertz CT molecular complexity index is 940. The highest BCUT2D eigenvalue weighted by atomic mass is 19.1. The second kappa shape index (κ2) is 6.57. The normalized spacial score (nSPS) is 12.1. The van der Waals surface area contributed by atoms with Crippen LogP contribution in [0.4, 0.5) is 4.39 Å². The van der Waals surface area contributed by atoms with Crippen LogP contribution in [0.1, 0.15) is 18.5 Å². The molecule has 0 fully saturated rings. The Morgan fingerprint density at radius 1 is 1.38 bits per heavy atom. The van der Waals surface area contributed by atoms with E-state index in [1.165, 1.54) is 18.5 Å². The fourth-order valence-electron chi connectivity index (χ4n) is 2.40. The van der Waals surface area contributed by atoms with Crippen LogP contribution in [0.15, 0.2) is 53.8 Å². The summed E-state index contributed by atoms with van der Waals surface area (Å²) in [5, 5.41) is 2.93. The lowest BCUT2D eigenvalue weighted by Crippen LogP contribution is -2.34. The molecule has 2 aromatic heterocycles. The number of nitrogens with one attached hydrogen (secondary N) is 1. The lowest BCUT2D eigenvalue weighted by atomic mass is 10.1. The van der Waals surface area contributed by atoms with Gasteiger partial charge in [-0.3, -0.25) is 19.1 Å². The number of halogens is 1. The summed E-state index contributed by atoms with van der Waals surface area (Å²) in [6.07, 6.45) is 4.60. The third-order valence-corrected chi connectivity index (χ3v) is 3.66. The summed E-state index contributed by atoms with van der Waals surface area (Å²) < 4.78 is 14.5. The number of fused-ring (bicyclic) bond motifs is 1. The molecule has 0 saturated carbocycles. The van der Waals surface area contributed by atoms with E-state index in [0.717, 1.165) is 16.2 Å². The van der Waals surface area contributed by atoms with E-state index < -0.39 is 11.4 Å². The van der Waals surface area contributed by atoms with Crippen LogP contribution >= 0.6 is 0 Å². The SMILES string of the molecule is CC(NC(=O)Cn1cnc2ccc(F)cc2c1=O)c1cccnc1. The Hall–Kier alpha value is -3.09. The zero-order valence-electron chi connectivity index (χ0n) is 12.9. The first-order valence-corrected chi connectivity index (χ1v) is 7.38. The number of nitrogens with zero attached hydrogens (tertiary/aromatic N) is 3. The minimum Gasteiger partial charge on any atom is -0.348 e. The second-order valence-corrected chi connectivity index (χ2v) is 5.41. The van der Waals surface area contributed by atoms with Crippen LogP contribution in [0.25, 0.3) is 10.9 Å². The topological polar surface area (TPSA) is 76.9 Å². The molecule has 0 saturated heterocycles. The number of pyridine rings is 1. The number of hydrogen-bond donors (Lipinski definition) is 1. The van der Waals surface area contributed by atoms with Gasteiger partial charge in [-0.15, -0.1) is 0 Å². The largest absolute Gasteiger partial charge is 0.348 e. The van der Waals surface area contributed by atoms with Crippen molar-refractivity contribution in [2.24, 2.45) is 0 Å². The summed E-state index contributed by atoms with van der Waals surface area (Å²) in [5.41, 5.74) is 0.794. The van der Waals surface area contributed by atoms with Gasteiger partial charge in [0, 0.05) is 12.4 Å². The molecule has 6 nitrogen and oxygen atoms in total. The third kappa shape index (κ3) is 3.29. The molecule has 0 bridgehead atoms. The van der Waals surface area contributed by atoms with Crippen molar-refractivity contribution >= 4 is 16.8 Å². The molecule has 0 spiro atoms. The molecule has 1 atom stereocenters. The Labute approximate surface area is 137 Å². The predicted molar refractivity (Wildman–Crippen MR) is 86.8 cm³/mol. The van der Waals surface area contributed by atoms with Crippen molar-refractivity contribution < 1.29 is 9.18 Å². The number of benzene rings is 1. The summed E-state index contributed by atoms with van der Waals surface area (Å²) in [4.78, 5) is 32.6. The molecule has 1 N–H and O–H groups in total. The van der Waals surface area contributed by atoms with Crippen molar-refractivity contribution in [1.29, 1.82) is 0 Å². The quantitative estimate of drug-likeness (QED) is 0.793. The zero-order valence-corrected chi connectivity index (χ0v) is 12.9. The maximum atomic E-state index is 13.3. The van der Waals surface area contributed by atoms with E-state index in [-0.39, 0.29) is 23.9 Å². The molecular formula is C17H15FN4O2. The molecule has 0 aliphatic carbocycles. The van der Waals surface area contributed by atoms with Crippen LogP contribution in [-0.2, 0) is 11.3 Å². The summed E-state index contributed by atoms with van der Waals surface area (Å²) in [5.74, 6) is -0.861. The van der Waals surface area contributed by atoms with E-state index in [4.69, 9.17) is 0 Å². The second-order valence-electron chi connectivity index (χ2n) is 5.41.